The molecular formula is C13H12FN3O2. The molecule has 0 bridgehead atoms. The van der Waals surface area contributed by atoms with E-state index in [1.54, 1.807) is 18.2 Å². The Labute approximate surface area is 109 Å². The summed E-state index contributed by atoms with van der Waals surface area (Å²) < 4.78 is 18.5. The van der Waals surface area contributed by atoms with E-state index in [0.29, 0.717) is 5.75 Å². The summed E-state index contributed by atoms with van der Waals surface area (Å²) in [5, 5.41) is 2.40. The lowest BCUT2D eigenvalue weighted by Crippen LogP contribution is -2.21. The van der Waals surface area contributed by atoms with Crippen LogP contribution in [0.1, 0.15) is 0 Å². The van der Waals surface area contributed by atoms with Crippen LogP contribution in [0.3, 0.4) is 0 Å². The zero-order chi connectivity index (χ0) is 13.7. The standard InChI is InChI=1S/C13H12FN3O2/c14-9-4-1-2-5-10(9)17-12(18)8-19-11-6-3-7-16-13(11)15/h1-7H,8H2,(H2,15,16)(H,17,18). The molecule has 1 aromatic carbocycles. The Morgan fingerprint density at radius 2 is 2.11 bits per heavy atom. The molecule has 0 saturated carbocycles. The summed E-state index contributed by atoms with van der Waals surface area (Å²) in [6, 6.07) is 9.12. The summed E-state index contributed by atoms with van der Waals surface area (Å²) in [6.45, 7) is -0.274. The Bertz CT molecular complexity index is 590. The molecule has 6 heteroatoms. The molecule has 0 saturated heterocycles. The monoisotopic (exact) mass is 261 g/mol. The van der Waals surface area contributed by atoms with Crippen LogP contribution in [0, 0.1) is 5.82 Å². The van der Waals surface area contributed by atoms with Crippen LogP contribution in [0.5, 0.6) is 5.75 Å². The Kier molecular flexibility index (Phi) is 3.92. The highest BCUT2D eigenvalue weighted by Crippen LogP contribution is 2.17. The lowest BCUT2D eigenvalue weighted by atomic mass is 10.3. The van der Waals surface area contributed by atoms with Gasteiger partial charge in [-0.25, -0.2) is 9.37 Å². The first-order valence-electron chi connectivity index (χ1n) is 5.54. The maximum Gasteiger partial charge on any atom is 0.262 e. The number of pyridine rings is 1. The van der Waals surface area contributed by atoms with E-state index >= 15 is 0 Å². The van der Waals surface area contributed by atoms with Gasteiger partial charge in [-0.2, -0.15) is 0 Å². The third-order valence-electron chi connectivity index (χ3n) is 2.31. The maximum absolute atomic E-state index is 13.3. The van der Waals surface area contributed by atoms with Gasteiger partial charge in [-0.1, -0.05) is 12.1 Å². The molecule has 0 atom stereocenters. The molecule has 2 aromatic rings. The summed E-state index contributed by atoms with van der Waals surface area (Å²) in [4.78, 5) is 15.4. The van der Waals surface area contributed by atoms with Gasteiger partial charge in [0.25, 0.3) is 5.91 Å². The number of carbonyl (C=O) groups excluding carboxylic acids is 1. The number of hydrogen-bond donors (Lipinski definition) is 2. The molecule has 0 aliphatic rings. The number of nitrogens with one attached hydrogen (secondary N) is 1. The van der Waals surface area contributed by atoms with Gasteiger partial charge in [0.05, 0.1) is 5.69 Å². The first-order valence-corrected chi connectivity index (χ1v) is 5.54. The molecule has 1 heterocycles. The number of nitrogens with two attached hydrogens (primary N) is 1. The third kappa shape index (κ3) is 3.41. The summed E-state index contributed by atoms with van der Waals surface area (Å²) in [5.74, 6) is -0.475. The van der Waals surface area contributed by atoms with E-state index in [1.807, 2.05) is 0 Å². The predicted octanol–water partition coefficient (Wildman–Crippen LogP) is 1.82. The number of ether oxygens (including phenoxy) is 1. The van der Waals surface area contributed by atoms with Gasteiger partial charge in [0.15, 0.2) is 18.2 Å². The molecule has 0 aliphatic heterocycles. The maximum atomic E-state index is 13.3. The molecular weight excluding hydrogens is 249 g/mol. The van der Waals surface area contributed by atoms with Crippen LogP contribution >= 0.6 is 0 Å². The minimum Gasteiger partial charge on any atom is -0.480 e. The first kappa shape index (κ1) is 12.8. The fraction of sp³-hybridized carbons (Fsp3) is 0.0769. The van der Waals surface area contributed by atoms with Gasteiger partial charge in [0.2, 0.25) is 0 Å². The van der Waals surface area contributed by atoms with Gasteiger partial charge < -0.3 is 15.8 Å². The van der Waals surface area contributed by atoms with Crippen molar-refractivity contribution in [1.29, 1.82) is 0 Å². The van der Waals surface area contributed by atoms with E-state index in [9.17, 15) is 9.18 Å². The van der Waals surface area contributed by atoms with E-state index in [-0.39, 0.29) is 18.1 Å². The molecule has 1 amide bonds. The number of nitrogen functional groups attached to an aromatic ring is 1. The van der Waals surface area contributed by atoms with Crippen LogP contribution in [-0.2, 0) is 4.79 Å². The second-order valence-electron chi connectivity index (χ2n) is 3.70. The number of anilines is 2. The highest BCUT2D eigenvalue weighted by molar-refractivity contribution is 5.92. The fourth-order valence-electron chi connectivity index (χ4n) is 1.42. The van der Waals surface area contributed by atoms with Gasteiger partial charge in [0.1, 0.15) is 5.82 Å². The summed E-state index contributed by atoms with van der Waals surface area (Å²) in [7, 11) is 0. The lowest BCUT2D eigenvalue weighted by Gasteiger charge is -2.08. The van der Waals surface area contributed by atoms with E-state index in [1.165, 1.54) is 24.4 Å². The molecule has 0 aliphatic carbocycles. The van der Waals surface area contributed by atoms with Gasteiger partial charge in [0, 0.05) is 6.20 Å². The minimum absolute atomic E-state index is 0.107. The van der Waals surface area contributed by atoms with Crippen LogP contribution in [0.4, 0.5) is 15.9 Å². The number of rotatable bonds is 4. The summed E-state index contributed by atoms with van der Waals surface area (Å²) >= 11 is 0. The molecule has 0 fully saturated rings. The Balaban J connectivity index is 1.92. The zero-order valence-corrected chi connectivity index (χ0v) is 9.97. The first-order chi connectivity index (χ1) is 9.16. The van der Waals surface area contributed by atoms with Crippen LogP contribution in [0.15, 0.2) is 42.6 Å². The van der Waals surface area contributed by atoms with E-state index in [2.05, 4.69) is 10.3 Å². The Morgan fingerprint density at radius 1 is 1.32 bits per heavy atom. The predicted molar refractivity (Wildman–Crippen MR) is 69.2 cm³/mol. The van der Waals surface area contributed by atoms with Crippen LogP contribution in [0.25, 0.3) is 0 Å². The molecule has 19 heavy (non-hydrogen) atoms. The summed E-state index contributed by atoms with van der Waals surface area (Å²) in [6.07, 6.45) is 1.52. The molecule has 3 N–H and O–H groups in total. The fourth-order valence-corrected chi connectivity index (χ4v) is 1.42. The van der Waals surface area contributed by atoms with Crippen molar-refractivity contribution in [3.63, 3.8) is 0 Å². The molecule has 2 rings (SSSR count). The largest absolute Gasteiger partial charge is 0.480 e. The van der Waals surface area contributed by atoms with Gasteiger partial charge in [-0.3, -0.25) is 4.79 Å². The average Bonchev–Trinajstić information content (AvgIpc) is 2.40. The normalized spacial score (nSPS) is 9.95. The van der Waals surface area contributed by atoms with Crippen molar-refractivity contribution in [3.05, 3.63) is 48.4 Å². The second kappa shape index (κ2) is 5.81. The number of benzene rings is 1. The smallest absolute Gasteiger partial charge is 0.262 e. The number of amides is 1. The van der Waals surface area contributed by atoms with Gasteiger partial charge >= 0.3 is 0 Å². The highest BCUT2D eigenvalue weighted by Gasteiger charge is 2.08. The zero-order valence-electron chi connectivity index (χ0n) is 9.97. The third-order valence-corrected chi connectivity index (χ3v) is 2.31. The molecule has 1 aromatic heterocycles. The molecule has 0 unspecified atom stereocenters. The number of para-hydroxylation sites is 1. The highest BCUT2D eigenvalue weighted by atomic mass is 19.1. The number of hydrogen-bond acceptors (Lipinski definition) is 4. The number of aromatic nitrogens is 1. The average molecular weight is 261 g/mol. The van der Waals surface area contributed by atoms with E-state index < -0.39 is 11.7 Å². The van der Waals surface area contributed by atoms with Crippen molar-refractivity contribution in [3.8, 4) is 5.75 Å². The summed E-state index contributed by atoms with van der Waals surface area (Å²) in [5.41, 5.74) is 5.66. The molecule has 0 spiro atoms. The van der Waals surface area contributed by atoms with E-state index in [0.717, 1.165) is 0 Å². The van der Waals surface area contributed by atoms with Gasteiger partial charge in [-0.05, 0) is 24.3 Å². The Morgan fingerprint density at radius 3 is 2.84 bits per heavy atom. The van der Waals surface area contributed by atoms with Crippen LogP contribution in [-0.4, -0.2) is 17.5 Å². The molecule has 0 radical (unpaired) electrons. The van der Waals surface area contributed by atoms with Crippen molar-refractivity contribution < 1.29 is 13.9 Å². The van der Waals surface area contributed by atoms with Crippen molar-refractivity contribution in [2.24, 2.45) is 0 Å². The van der Waals surface area contributed by atoms with Crippen molar-refractivity contribution in [2.45, 2.75) is 0 Å². The number of carbonyl (C=O) groups is 1. The Hall–Kier alpha value is -2.63. The quantitative estimate of drug-likeness (QED) is 0.880. The lowest BCUT2D eigenvalue weighted by molar-refractivity contribution is -0.118. The van der Waals surface area contributed by atoms with Crippen molar-refractivity contribution in [1.82, 2.24) is 4.98 Å². The van der Waals surface area contributed by atoms with Crippen molar-refractivity contribution >= 4 is 17.4 Å². The SMILES string of the molecule is Nc1ncccc1OCC(=O)Nc1ccccc1F. The molecule has 98 valence electrons. The van der Waals surface area contributed by atoms with Crippen LogP contribution < -0.4 is 15.8 Å². The second-order valence-corrected chi connectivity index (χ2v) is 3.70. The van der Waals surface area contributed by atoms with Gasteiger partial charge in [-0.15, -0.1) is 0 Å². The van der Waals surface area contributed by atoms with Crippen LogP contribution in [0.2, 0.25) is 0 Å². The number of halogens is 1. The number of nitrogens with zero attached hydrogens (tertiary/aromatic N) is 1. The van der Waals surface area contributed by atoms with E-state index in [4.69, 9.17) is 10.5 Å². The minimum atomic E-state index is -0.503. The molecule has 5 nitrogen and oxygen atoms in total. The van der Waals surface area contributed by atoms with Crippen molar-refractivity contribution in [2.75, 3.05) is 17.7 Å². The topological polar surface area (TPSA) is 77.2 Å².